The molecule has 3 saturated heterocycles. The molecule has 4 aromatic heterocycles. The predicted octanol–water partition coefficient (Wildman–Crippen LogP) is 5.80. The molecule has 3 aliphatic heterocycles. The average molecular weight is 752 g/mol. The molecule has 0 unspecified atom stereocenters. The Morgan fingerprint density at radius 2 is 2.10 bits per heavy atom. The van der Waals surface area contributed by atoms with Crippen LogP contribution in [0.4, 0.5) is 28.8 Å². The number of nitrogens with two attached hydrogens (primary N) is 1. The van der Waals surface area contributed by atoms with Crippen molar-refractivity contribution in [3.63, 3.8) is 0 Å². The second-order valence-corrected chi connectivity index (χ2v) is 14.8. The summed E-state index contributed by atoms with van der Waals surface area (Å²) in [5, 5.41) is 14.3. The molecule has 13 nitrogen and oxygen atoms in total. The molecule has 52 heavy (non-hydrogen) atoms. The summed E-state index contributed by atoms with van der Waals surface area (Å²) in [6.07, 6.45) is 4.28. The van der Waals surface area contributed by atoms with Gasteiger partial charge < -0.3 is 20.3 Å². The maximum absolute atomic E-state index is 17.0. The molecule has 4 atom stereocenters. The highest BCUT2D eigenvalue weighted by molar-refractivity contribution is 7.23. The van der Waals surface area contributed by atoms with E-state index >= 15 is 4.39 Å². The summed E-state index contributed by atoms with van der Waals surface area (Å²) >= 11 is 6.78. The van der Waals surface area contributed by atoms with E-state index < -0.39 is 23.3 Å². The summed E-state index contributed by atoms with van der Waals surface area (Å²) in [6.45, 7) is 5.87. The quantitative estimate of drug-likeness (QED) is 0.215. The number of hydrogen-bond acceptors (Lipinski definition) is 12. The molecule has 3 fully saturated rings. The molecule has 18 heteroatoms. The highest BCUT2D eigenvalue weighted by Gasteiger charge is 2.49. The van der Waals surface area contributed by atoms with Gasteiger partial charge in [0.15, 0.2) is 5.82 Å². The van der Waals surface area contributed by atoms with Gasteiger partial charge in [0.1, 0.15) is 53.0 Å². The number of ether oxygens (including phenoxy) is 1. The van der Waals surface area contributed by atoms with Crippen molar-refractivity contribution in [3.05, 3.63) is 47.1 Å². The first-order valence-electron chi connectivity index (χ1n) is 17.0. The number of nitriles is 1. The van der Waals surface area contributed by atoms with Crippen molar-refractivity contribution < 1.29 is 22.7 Å². The van der Waals surface area contributed by atoms with Crippen molar-refractivity contribution in [3.8, 4) is 23.3 Å². The maximum atomic E-state index is 17.0. The van der Waals surface area contributed by atoms with Crippen molar-refractivity contribution in [2.75, 3.05) is 43.4 Å². The number of thiophene rings is 1. The molecule has 270 valence electrons. The zero-order valence-corrected chi connectivity index (χ0v) is 29.8. The number of halogens is 4. The Balaban J connectivity index is 1.24. The number of nitrogens with zero attached hydrogens (tertiary/aromatic N) is 10. The second kappa shape index (κ2) is 13.0. The molecule has 0 bridgehead atoms. The number of alkyl halides is 1. The second-order valence-electron chi connectivity index (χ2n) is 13.4. The number of likely N-dealkylation sites (N-methyl/N-ethyl adjacent to an activating group) is 1. The highest BCUT2D eigenvalue weighted by Crippen LogP contribution is 2.44. The summed E-state index contributed by atoms with van der Waals surface area (Å²) in [5.74, 6) is -1.08. The normalized spacial score (nSPS) is 23.1. The van der Waals surface area contributed by atoms with Crippen molar-refractivity contribution >= 4 is 60.8 Å². The number of amides is 1. The topological polar surface area (TPSA) is 155 Å². The lowest BCUT2D eigenvalue weighted by atomic mass is 9.95. The van der Waals surface area contributed by atoms with E-state index in [2.05, 4.69) is 25.0 Å². The number of hydrogen-bond donors (Lipinski definition) is 1. The molecule has 3 aliphatic rings. The van der Waals surface area contributed by atoms with Crippen LogP contribution in [0.2, 0.25) is 5.28 Å². The van der Waals surface area contributed by atoms with Gasteiger partial charge in [-0.3, -0.25) is 9.88 Å². The third-order valence-corrected chi connectivity index (χ3v) is 11.9. The minimum atomic E-state index is -0.973. The monoisotopic (exact) mass is 751 g/mol. The van der Waals surface area contributed by atoms with E-state index in [-0.39, 0.29) is 78.8 Å². The van der Waals surface area contributed by atoms with Crippen LogP contribution in [-0.4, -0.2) is 102 Å². The fraction of sp³-hybridized carbons (Fsp3) is 0.441. The smallest absolute Gasteiger partial charge is 0.346 e. The largest absolute Gasteiger partial charge is 0.461 e. The number of carbonyl (C=O) groups excluding carboxylic acids is 1. The third-order valence-electron chi connectivity index (χ3n) is 10.7. The van der Waals surface area contributed by atoms with Gasteiger partial charge in [-0.15, -0.1) is 16.4 Å². The lowest BCUT2D eigenvalue weighted by Crippen LogP contribution is -2.47. The SMILES string of the molecule is CCN(c1nc(OC[C@@]23CCCN2C[C@H](F)C3)nc2c(F)c(-c3ccc(F)c4sc(N)c(C#N)c34)ncc12)[C@@H]1CCN(C(=O)n2cnc(Cl)n2)[C@@H]1C. The Kier molecular flexibility index (Phi) is 8.58. The van der Waals surface area contributed by atoms with Gasteiger partial charge in [-0.1, -0.05) is 0 Å². The Morgan fingerprint density at radius 1 is 1.27 bits per heavy atom. The number of benzene rings is 1. The first-order valence-corrected chi connectivity index (χ1v) is 18.2. The van der Waals surface area contributed by atoms with Gasteiger partial charge in [0.2, 0.25) is 5.28 Å². The van der Waals surface area contributed by atoms with Gasteiger partial charge in [-0.25, -0.2) is 22.9 Å². The molecular weight excluding hydrogens is 719 g/mol. The zero-order chi connectivity index (χ0) is 36.5. The third kappa shape index (κ3) is 5.46. The van der Waals surface area contributed by atoms with Gasteiger partial charge in [0.25, 0.3) is 0 Å². The number of fused-ring (bicyclic) bond motifs is 3. The molecule has 7 heterocycles. The van der Waals surface area contributed by atoms with Gasteiger partial charge in [0, 0.05) is 43.2 Å². The Labute approximate surface area is 304 Å². The predicted molar refractivity (Wildman–Crippen MR) is 189 cm³/mol. The van der Waals surface area contributed by atoms with Crippen LogP contribution in [0.1, 0.15) is 45.1 Å². The molecule has 0 radical (unpaired) electrons. The molecular formula is C34H33ClF3N11O2S. The molecule has 1 amide bonds. The first-order chi connectivity index (χ1) is 25.0. The molecule has 0 aliphatic carbocycles. The van der Waals surface area contributed by atoms with Crippen molar-refractivity contribution in [2.45, 2.75) is 63.3 Å². The van der Waals surface area contributed by atoms with Gasteiger partial charge >= 0.3 is 12.0 Å². The lowest BCUT2D eigenvalue weighted by molar-refractivity contribution is 0.107. The standard InChI is InChI=1S/C34H33ClF3N11O2S/c1-3-47(23-7-10-48(17(23)2)33(50)49-16-42-31(35)45-49)30-21-13-41-26(19-5-6-22(37)28-24(19)20(12-39)29(40)52-28)25(38)27(21)43-32(44-30)51-15-34-8-4-9-46(34)14-18(36)11-34/h5-6,13,16-18,23H,3-4,7-11,14-15,40H2,1-2H3/t17-,18-,23-,34+/m1/s1. The molecule has 0 spiro atoms. The molecule has 2 N–H and O–H groups in total. The molecule has 0 saturated carbocycles. The van der Waals surface area contributed by atoms with E-state index in [1.807, 2.05) is 24.8 Å². The average Bonchev–Trinajstić information content (AvgIpc) is 3.94. The molecule has 5 aromatic rings. The summed E-state index contributed by atoms with van der Waals surface area (Å²) in [6, 6.07) is 3.48. The number of carbonyl (C=O) groups is 1. The minimum absolute atomic E-state index is 0.0333. The van der Waals surface area contributed by atoms with Crippen LogP contribution in [0.25, 0.3) is 32.2 Å². The zero-order valence-electron chi connectivity index (χ0n) is 28.2. The molecule has 8 rings (SSSR count). The van der Waals surface area contributed by atoms with Gasteiger partial charge in [-0.05, 0) is 63.4 Å². The summed E-state index contributed by atoms with van der Waals surface area (Å²) < 4.78 is 54.0. The van der Waals surface area contributed by atoms with E-state index in [9.17, 15) is 18.8 Å². The maximum Gasteiger partial charge on any atom is 0.346 e. The van der Waals surface area contributed by atoms with Crippen molar-refractivity contribution in [1.82, 2.24) is 39.5 Å². The number of anilines is 2. The number of rotatable bonds is 7. The van der Waals surface area contributed by atoms with Crippen LogP contribution in [0, 0.1) is 23.0 Å². The Morgan fingerprint density at radius 3 is 2.85 bits per heavy atom. The number of likely N-dealkylation sites (tertiary alicyclic amines) is 1. The molecule has 1 aromatic carbocycles. The van der Waals surface area contributed by atoms with E-state index in [0.717, 1.165) is 35.4 Å². The van der Waals surface area contributed by atoms with E-state index in [4.69, 9.17) is 27.1 Å². The van der Waals surface area contributed by atoms with Gasteiger partial charge in [-0.2, -0.15) is 19.9 Å². The van der Waals surface area contributed by atoms with Crippen LogP contribution in [0.3, 0.4) is 0 Å². The van der Waals surface area contributed by atoms with Crippen molar-refractivity contribution in [1.29, 1.82) is 5.26 Å². The summed E-state index contributed by atoms with van der Waals surface area (Å²) in [4.78, 5) is 36.8. The number of pyridine rings is 1. The first kappa shape index (κ1) is 34.3. The van der Waals surface area contributed by atoms with Crippen molar-refractivity contribution in [2.24, 2.45) is 0 Å². The Bertz CT molecular complexity index is 2280. The van der Waals surface area contributed by atoms with E-state index in [1.54, 1.807) is 4.90 Å². The van der Waals surface area contributed by atoms with Gasteiger partial charge in [0.05, 0.1) is 33.3 Å². The highest BCUT2D eigenvalue weighted by atomic mass is 35.5. The minimum Gasteiger partial charge on any atom is -0.461 e. The number of aromatic nitrogens is 6. The van der Waals surface area contributed by atoms with Crippen LogP contribution >= 0.6 is 22.9 Å². The number of nitrogen functional groups attached to an aromatic ring is 1. The Hall–Kier alpha value is -4.79. The van der Waals surface area contributed by atoms with E-state index in [1.165, 1.54) is 24.7 Å². The lowest BCUT2D eigenvalue weighted by Gasteiger charge is -2.34. The van der Waals surface area contributed by atoms with Crippen LogP contribution in [0.5, 0.6) is 6.01 Å². The summed E-state index contributed by atoms with van der Waals surface area (Å²) in [7, 11) is 0. The van der Waals surface area contributed by atoms with Crippen LogP contribution in [0.15, 0.2) is 24.7 Å². The van der Waals surface area contributed by atoms with E-state index in [0.29, 0.717) is 38.3 Å². The fourth-order valence-corrected chi connectivity index (χ4v) is 9.33. The summed E-state index contributed by atoms with van der Waals surface area (Å²) in [5.41, 5.74) is 5.52. The van der Waals surface area contributed by atoms with Crippen LogP contribution < -0.4 is 15.4 Å². The fourth-order valence-electron chi connectivity index (χ4n) is 8.26. The van der Waals surface area contributed by atoms with Crippen LogP contribution in [-0.2, 0) is 0 Å².